The second-order valence-electron chi connectivity index (χ2n) is 4.82. The first-order valence-electron chi connectivity index (χ1n) is 6.27. The van der Waals surface area contributed by atoms with Crippen molar-refractivity contribution < 1.29 is 0 Å². The zero-order valence-corrected chi connectivity index (χ0v) is 12.9. The van der Waals surface area contributed by atoms with Crippen molar-refractivity contribution in [1.29, 1.82) is 0 Å². The van der Waals surface area contributed by atoms with Gasteiger partial charge in [0.05, 0.1) is 5.69 Å². The molecule has 0 fully saturated rings. The van der Waals surface area contributed by atoms with Gasteiger partial charge in [0, 0.05) is 21.8 Å². The molecule has 20 heavy (non-hydrogen) atoms. The van der Waals surface area contributed by atoms with Crippen LogP contribution in [0.4, 0.5) is 0 Å². The van der Waals surface area contributed by atoms with E-state index in [0.29, 0.717) is 10.2 Å². The molecule has 0 aliphatic rings. The molecule has 0 spiro atoms. The van der Waals surface area contributed by atoms with Crippen LogP contribution in [-0.2, 0) is 0 Å². The Morgan fingerprint density at radius 1 is 0.950 bits per heavy atom. The average Bonchev–Trinajstić information content (AvgIpc) is 2.74. The maximum absolute atomic E-state index is 6.37. The number of fused-ring (bicyclic) bond motifs is 1. The van der Waals surface area contributed by atoms with Gasteiger partial charge in [0.1, 0.15) is 5.15 Å². The average molecular weight is 306 g/mol. The Morgan fingerprint density at radius 3 is 2.25 bits per heavy atom. The molecule has 0 saturated heterocycles. The van der Waals surface area contributed by atoms with Gasteiger partial charge in [0.2, 0.25) is 0 Å². The summed E-state index contributed by atoms with van der Waals surface area (Å²) in [6.07, 6.45) is 0. The van der Waals surface area contributed by atoms with Gasteiger partial charge < -0.3 is 0 Å². The molecule has 3 nitrogen and oxygen atoms in total. The van der Waals surface area contributed by atoms with Crippen LogP contribution in [0.3, 0.4) is 0 Å². The lowest BCUT2D eigenvalue weighted by Gasteiger charge is -2.06. The molecule has 3 rings (SSSR count). The Balaban J connectivity index is 2.36. The van der Waals surface area contributed by atoms with Crippen molar-refractivity contribution in [3.63, 3.8) is 0 Å². The van der Waals surface area contributed by atoms with Crippen molar-refractivity contribution in [3.05, 3.63) is 51.4 Å². The molecule has 0 radical (unpaired) electrons. The number of aromatic nitrogens is 3. The lowest BCUT2D eigenvalue weighted by atomic mass is 10.1. The van der Waals surface area contributed by atoms with E-state index in [-0.39, 0.29) is 0 Å². The van der Waals surface area contributed by atoms with Crippen molar-refractivity contribution in [2.45, 2.75) is 20.8 Å². The molecule has 0 aliphatic carbocycles. The lowest BCUT2D eigenvalue weighted by molar-refractivity contribution is 0.898. The third-order valence-corrected chi connectivity index (χ3v) is 4.18. The van der Waals surface area contributed by atoms with Crippen molar-refractivity contribution in [1.82, 2.24) is 14.6 Å². The third kappa shape index (κ3) is 1.98. The van der Waals surface area contributed by atoms with Crippen LogP contribution in [0.1, 0.15) is 17.0 Å². The maximum Gasteiger partial charge on any atom is 0.165 e. The number of halogens is 2. The molecule has 0 amide bonds. The predicted octanol–water partition coefficient (Wildman–Crippen LogP) is 4.63. The molecule has 2 aromatic heterocycles. The van der Waals surface area contributed by atoms with Crippen LogP contribution in [0.5, 0.6) is 0 Å². The molecule has 3 aromatic rings. The van der Waals surface area contributed by atoms with Crippen molar-refractivity contribution in [2.24, 2.45) is 0 Å². The van der Waals surface area contributed by atoms with Crippen LogP contribution in [0.2, 0.25) is 10.2 Å². The highest BCUT2D eigenvalue weighted by Crippen LogP contribution is 2.31. The van der Waals surface area contributed by atoms with Gasteiger partial charge >= 0.3 is 0 Å². The number of benzene rings is 1. The number of aryl methyl sites for hydroxylation is 2. The van der Waals surface area contributed by atoms with Gasteiger partial charge in [-0.25, -0.2) is 9.50 Å². The number of hydrogen-bond acceptors (Lipinski definition) is 2. The Hall–Kier alpha value is -1.58. The van der Waals surface area contributed by atoms with E-state index in [4.69, 9.17) is 23.2 Å². The van der Waals surface area contributed by atoms with E-state index in [1.165, 1.54) is 0 Å². The zero-order valence-electron chi connectivity index (χ0n) is 11.4. The van der Waals surface area contributed by atoms with E-state index < -0.39 is 0 Å². The molecular weight excluding hydrogens is 293 g/mol. The topological polar surface area (TPSA) is 30.2 Å². The summed E-state index contributed by atoms with van der Waals surface area (Å²) in [5.74, 6) is 0. The predicted molar refractivity (Wildman–Crippen MR) is 82.7 cm³/mol. The minimum absolute atomic E-state index is 0.607. The summed E-state index contributed by atoms with van der Waals surface area (Å²) in [4.78, 5) is 4.64. The van der Waals surface area contributed by atoms with Gasteiger partial charge in [-0.3, -0.25) is 0 Å². The quantitative estimate of drug-likeness (QED) is 0.614. The first-order valence-corrected chi connectivity index (χ1v) is 7.02. The number of hydrogen-bond donors (Lipinski definition) is 0. The van der Waals surface area contributed by atoms with Gasteiger partial charge in [-0.15, -0.1) is 0 Å². The molecular formula is C15H13Cl2N3. The monoisotopic (exact) mass is 305 g/mol. The summed E-state index contributed by atoms with van der Waals surface area (Å²) in [6, 6.07) is 7.67. The highest BCUT2D eigenvalue weighted by molar-refractivity contribution is 6.31. The zero-order chi connectivity index (χ0) is 14.4. The minimum Gasteiger partial charge on any atom is -0.233 e. The fourth-order valence-electron chi connectivity index (χ4n) is 2.26. The Labute approximate surface area is 127 Å². The van der Waals surface area contributed by atoms with Gasteiger partial charge in [-0.1, -0.05) is 35.3 Å². The van der Waals surface area contributed by atoms with Crippen LogP contribution < -0.4 is 0 Å². The van der Waals surface area contributed by atoms with E-state index in [1.54, 1.807) is 4.52 Å². The maximum atomic E-state index is 6.37. The fourth-order valence-corrected chi connectivity index (χ4v) is 2.64. The number of nitrogens with zero attached hydrogens (tertiary/aromatic N) is 3. The molecule has 0 bridgehead atoms. The van der Waals surface area contributed by atoms with E-state index >= 15 is 0 Å². The van der Waals surface area contributed by atoms with Crippen LogP contribution in [0.25, 0.3) is 16.8 Å². The highest BCUT2D eigenvalue weighted by Gasteiger charge is 2.17. The Kier molecular flexibility index (Phi) is 3.19. The van der Waals surface area contributed by atoms with Gasteiger partial charge in [0.15, 0.2) is 5.65 Å². The van der Waals surface area contributed by atoms with Crippen molar-refractivity contribution >= 4 is 28.8 Å². The summed E-state index contributed by atoms with van der Waals surface area (Å²) < 4.78 is 1.70. The molecule has 0 atom stereocenters. The summed E-state index contributed by atoms with van der Waals surface area (Å²) >= 11 is 12.3. The summed E-state index contributed by atoms with van der Waals surface area (Å²) in [5.41, 5.74) is 5.56. The minimum atomic E-state index is 0.607. The van der Waals surface area contributed by atoms with Crippen LogP contribution >= 0.6 is 23.2 Å². The van der Waals surface area contributed by atoms with Gasteiger partial charge in [-0.05, 0) is 38.5 Å². The molecule has 0 saturated carbocycles. The highest BCUT2D eigenvalue weighted by atomic mass is 35.5. The second kappa shape index (κ2) is 4.76. The Bertz CT molecular complexity index is 804. The third-order valence-electron chi connectivity index (χ3n) is 3.48. The number of rotatable bonds is 1. The van der Waals surface area contributed by atoms with E-state index in [9.17, 15) is 0 Å². The lowest BCUT2D eigenvalue weighted by Crippen LogP contribution is -1.99. The van der Waals surface area contributed by atoms with Crippen LogP contribution in [0, 0.1) is 20.8 Å². The standard InChI is InChI=1S/C15H13Cl2N3/c1-8-9(2)18-15-13(10(3)19-20(15)14(8)17)11-4-6-12(16)7-5-11/h4-7H,1-3H3. The molecule has 1 aromatic carbocycles. The summed E-state index contributed by atoms with van der Waals surface area (Å²) in [5, 5.41) is 5.82. The summed E-state index contributed by atoms with van der Waals surface area (Å²) in [6.45, 7) is 5.86. The van der Waals surface area contributed by atoms with E-state index in [0.717, 1.165) is 33.7 Å². The molecule has 0 unspecified atom stereocenters. The molecule has 0 N–H and O–H groups in total. The largest absolute Gasteiger partial charge is 0.233 e. The normalized spacial score (nSPS) is 11.2. The van der Waals surface area contributed by atoms with E-state index in [1.807, 2.05) is 45.0 Å². The second-order valence-corrected chi connectivity index (χ2v) is 5.61. The van der Waals surface area contributed by atoms with Crippen LogP contribution in [-0.4, -0.2) is 14.6 Å². The first-order chi connectivity index (χ1) is 9.49. The van der Waals surface area contributed by atoms with Crippen molar-refractivity contribution in [3.8, 4) is 11.1 Å². The van der Waals surface area contributed by atoms with Crippen LogP contribution in [0.15, 0.2) is 24.3 Å². The smallest absolute Gasteiger partial charge is 0.165 e. The Morgan fingerprint density at radius 2 is 1.60 bits per heavy atom. The molecule has 5 heteroatoms. The molecule has 2 heterocycles. The first kappa shape index (κ1) is 13.4. The summed E-state index contributed by atoms with van der Waals surface area (Å²) in [7, 11) is 0. The fraction of sp³-hybridized carbons (Fsp3) is 0.200. The SMILES string of the molecule is Cc1nc2c(-c3ccc(Cl)cc3)c(C)nn2c(Cl)c1C. The van der Waals surface area contributed by atoms with E-state index in [2.05, 4.69) is 10.1 Å². The van der Waals surface area contributed by atoms with Gasteiger partial charge in [0.25, 0.3) is 0 Å². The van der Waals surface area contributed by atoms with Gasteiger partial charge in [-0.2, -0.15) is 5.10 Å². The molecule has 0 aliphatic heterocycles. The molecule has 102 valence electrons. The van der Waals surface area contributed by atoms with Crippen molar-refractivity contribution in [2.75, 3.05) is 0 Å².